The van der Waals surface area contributed by atoms with E-state index in [4.69, 9.17) is 4.74 Å². The van der Waals surface area contributed by atoms with E-state index < -0.39 is 0 Å². The molecule has 2 nitrogen and oxygen atoms in total. The summed E-state index contributed by atoms with van der Waals surface area (Å²) in [5.41, 5.74) is 2.72. The molecule has 1 fully saturated rings. The van der Waals surface area contributed by atoms with Crippen molar-refractivity contribution in [3.05, 3.63) is 29.1 Å². The molecule has 0 spiro atoms. The lowest BCUT2D eigenvalue weighted by molar-refractivity contribution is 0.122. The zero-order valence-corrected chi connectivity index (χ0v) is 10.2. The second kappa shape index (κ2) is 4.07. The van der Waals surface area contributed by atoms with Crippen LogP contribution in [0.3, 0.4) is 0 Å². The van der Waals surface area contributed by atoms with Crippen molar-refractivity contribution >= 4 is 27.1 Å². The van der Waals surface area contributed by atoms with E-state index in [9.17, 15) is 0 Å². The summed E-state index contributed by atoms with van der Waals surface area (Å²) in [6.07, 6.45) is 0. The zero-order valence-electron chi connectivity index (χ0n) is 9.40. The van der Waals surface area contributed by atoms with Crippen molar-refractivity contribution in [1.82, 2.24) is 0 Å². The van der Waals surface area contributed by atoms with E-state index in [0.717, 1.165) is 26.3 Å². The van der Waals surface area contributed by atoms with Gasteiger partial charge in [-0.15, -0.1) is 11.3 Å². The van der Waals surface area contributed by atoms with Gasteiger partial charge in [-0.2, -0.15) is 0 Å². The highest BCUT2D eigenvalue weighted by Gasteiger charge is 2.12. The maximum absolute atomic E-state index is 5.38. The van der Waals surface area contributed by atoms with Crippen molar-refractivity contribution in [1.29, 1.82) is 0 Å². The molecule has 1 aliphatic rings. The van der Waals surface area contributed by atoms with Crippen LogP contribution in [-0.2, 0) is 4.74 Å². The summed E-state index contributed by atoms with van der Waals surface area (Å²) in [6.45, 7) is 5.90. The van der Waals surface area contributed by atoms with Crippen molar-refractivity contribution in [2.45, 2.75) is 6.92 Å². The first-order valence-electron chi connectivity index (χ1n) is 5.65. The van der Waals surface area contributed by atoms with E-state index >= 15 is 0 Å². The molecule has 0 radical (unpaired) electrons. The quantitative estimate of drug-likeness (QED) is 0.750. The molecular weight excluding hydrogens is 218 g/mol. The lowest BCUT2D eigenvalue weighted by atomic mass is 10.1. The molecule has 1 aliphatic heterocycles. The van der Waals surface area contributed by atoms with Crippen LogP contribution in [-0.4, -0.2) is 26.3 Å². The first-order chi connectivity index (χ1) is 7.84. The van der Waals surface area contributed by atoms with Crippen molar-refractivity contribution < 1.29 is 4.74 Å². The van der Waals surface area contributed by atoms with E-state index in [1.54, 1.807) is 0 Å². The third-order valence-corrected chi connectivity index (χ3v) is 4.21. The summed E-state index contributed by atoms with van der Waals surface area (Å²) in [5, 5.41) is 3.63. The number of ether oxygens (including phenoxy) is 1. The molecule has 3 heteroatoms. The van der Waals surface area contributed by atoms with E-state index in [2.05, 4.69) is 35.4 Å². The highest BCUT2D eigenvalue weighted by molar-refractivity contribution is 7.17. The third kappa shape index (κ3) is 1.70. The molecule has 0 aliphatic carbocycles. The van der Waals surface area contributed by atoms with Gasteiger partial charge < -0.3 is 9.64 Å². The Bertz CT molecular complexity index is 500. The average molecular weight is 233 g/mol. The fraction of sp³-hybridized carbons (Fsp3) is 0.385. The van der Waals surface area contributed by atoms with Crippen LogP contribution in [0.5, 0.6) is 0 Å². The van der Waals surface area contributed by atoms with E-state index in [-0.39, 0.29) is 0 Å². The minimum Gasteiger partial charge on any atom is -0.378 e. The summed E-state index contributed by atoms with van der Waals surface area (Å²) in [6, 6.07) is 6.77. The number of aryl methyl sites for hydroxylation is 1. The van der Waals surface area contributed by atoms with Gasteiger partial charge in [0.05, 0.1) is 13.2 Å². The standard InChI is InChI=1S/C13H15NOS/c1-10-9-16-13-3-2-11(8-12(10)13)14-4-6-15-7-5-14/h2-3,8-9H,4-7H2,1H3. The molecule has 16 heavy (non-hydrogen) atoms. The van der Waals surface area contributed by atoms with Gasteiger partial charge in [-0.25, -0.2) is 0 Å². The predicted molar refractivity (Wildman–Crippen MR) is 69.6 cm³/mol. The van der Waals surface area contributed by atoms with Crippen LogP contribution in [0.25, 0.3) is 10.1 Å². The maximum atomic E-state index is 5.38. The van der Waals surface area contributed by atoms with Gasteiger partial charge in [0.15, 0.2) is 0 Å². The Morgan fingerprint density at radius 1 is 1.25 bits per heavy atom. The normalized spacial score (nSPS) is 16.9. The van der Waals surface area contributed by atoms with Crippen LogP contribution in [0.2, 0.25) is 0 Å². The average Bonchev–Trinajstić information content (AvgIpc) is 2.72. The number of fused-ring (bicyclic) bond motifs is 1. The zero-order chi connectivity index (χ0) is 11.0. The molecule has 0 N–H and O–H groups in total. The van der Waals surface area contributed by atoms with Crippen molar-refractivity contribution in [3.63, 3.8) is 0 Å². The van der Waals surface area contributed by atoms with E-state index in [1.165, 1.54) is 21.3 Å². The number of hydrogen-bond acceptors (Lipinski definition) is 3. The monoisotopic (exact) mass is 233 g/mol. The topological polar surface area (TPSA) is 12.5 Å². The lowest BCUT2D eigenvalue weighted by Crippen LogP contribution is -2.36. The largest absolute Gasteiger partial charge is 0.378 e. The van der Waals surface area contributed by atoms with Crippen molar-refractivity contribution in [2.24, 2.45) is 0 Å². The minimum atomic E-state index is 0.848. The summed E-state index contributed by atoms with van der Waals surface area (Å²) < 4.78 is 6.76. The minimum absolute atomic E-state index is 0.848. The van der Waals surface area contributed by atoms with Gasteiger partial charge in [-0.1, -0.05) is 0 Å². The van der Waals surface area contributed by atoms with Crippen LogP contribution in [0.15, 0.2) is 23.6 Å². The van der Waals surface area contributed by atoms with Crippen LogP contribution in [0.4, 0.5) is 5.69 Å². The SMILES string of the molecule is Cc1csc2ccc(N3CCOCC3)cc12. The number of thiophene rings is 1. The number of nitrogens with zero attached hydrogens (tertiary/aromatic N) is 1. The van der Waals surface area contributed by atoms with Crippen molar-refractivity contribution in [3.8, 4) is 0 Å². The Morgan fingerprint density at radius 2 is 2.06 bits per heavy atom. The van der Waals surface area contributed by atoms with Crippen LogP contribution < -0.4 is 4.90 Å². The second-order valence-corrected chi connectivity index (χ2v) is 5.11. The molecule has 0 amide bonds. The van der Waals surface area contributed by atoms with Gasteiger partial charge in [0.25, 0.3) is 0 Å². The number of benzene rings is 1. The number of hydrogen-bond donors (Lipinski definition) is 0. The molecule has 84 valence electrons. The molecule has 0 unspecified atom stereocenters. The number of morpholine rings is 1. The maximum Gasteiger partial charge on any atom is 0.0642 e. The third-order valence-electron chi connectivity index (χ3n) is 3.13. The Morgan fingerprint density at radius 3 is 2.88 bits per heavy atom. The van der Waals surface area contributed by atoms with Crippen molar-refractivity contribution in [2.75, 3.05) is 31.2 Å². The molecule has 1 aromatic heterocycles. The molecule has 2 aromatic rings. The smallest absolute Gasteiger partial charge is 0.0642 e. The molecular formula is C13H15NOS. The second-order valence-electron chi connectivity index (χ2n) is 4.20. The fourth-order valence-electron chi connectivity index (χ4n) is 2.16. The summed E-state index contributed by atoms with van der Waals surface area (Å²) in [4.78, 5) is 2.40. The van der Waals surface area contributed by atoms with Crippen LogP contribution in [0.1, 0.15) is 5.56 Å². The van der Waals surface area contributed by atoms with Gasteiger partial charge in [0.2, 0.25) is 0 Å². The molecule has 1 saturated heterocycles. The number of anilines is 1. The van der Waals surface area contributed by atoms with Gasteiger partial charge in [0.1, 0.15) is 0 Å². The van der Waals surface area contributed by atoms with Crippen LogP contribution >= 0.6 is 11.3 Å². The predicted octanol–water partition coefficient (Wildman–Crippen LogP) is 3.05. The lowest BCUT2D eigenvalue weighted by Gasteiger charge is -2.28. The molecule has 0 bridgehead atoms. The van der Waals surface area contributed by atoms with E-state index in [0.29, 0.717) is 0 Å². The summed E-state index contributed by atoms with van der Waals surface area (Å²) in [5.74, 6) is 0. The van der Waals surface area contributed by atoms with Gasteiger partial charge >= 0.3 is 0 Å². The number of rotatable bonds is 1. The Hall–Kier alpha value is -1.06. The summed E-state index contributed by atoms with van der Waals surface area (Å²) >= 11 is 1.83. The molecule has 0 saturated carbocycles. The molecule has 0 atom stereocenters. The molecule has 1 aromatic carbocycles. The van der Waals surface area contributed by atoms with Gasteiger partial charge in [0, 0.05) is 23.5 Å². The van der Waals surface area contributed by atoms with Crippen LogP contribution in [0, 0.1) is 6.92 Å². The van der Waals surface area contributed by atoms with Gasteiger partial charge in [-0.3, -0.25) is 0 Å². The molecule has 3 rings (SSSR count). The Labute approximate surface area is 99.4 Å². The summed E-state index contributed by atoms with van der Waals surface area (Å²) in [7, 11) is 0. The highest BCUT2D eigenvalue weighted by Crippen LogP contribution is 2.29. The Balaban J connectivity index is 1.99. The van der Waals surface area contributed by atoms with Gasteiger partial charge in [-0.05, 0) is 41.5 Å². The molecule has 2 heterocycles. The first-order valence-corrected chi connectivity index (χ1v) is 6.53. The van der Waals surface area contributed by atoms with E-state index in [1.807, 2.05) is 11.3 Å². The highest BCUT2D eigenvalue weighted by atomic mass is 32.1. The fourth-order valence-corrected chi connectivity index (χ4v) is 3.09. The first kappa shape index (κ1) is 10.1. The Kier molecular flexibility index (Phi) is 2.58.